The van der Waals surface area contributed by atoms with Crippen molar-refractivity contribution in [1.29, 1.82) is 0 Å². The fraction of sp³-hybridized carbons (Fsp3) is 0.538. The van der Waals surface area contributed by atoms with Crippen LogP contribution in [0.4, 0.5) is 5.82 Å². The van der Waals surface area contributed by atoms with Gasteiger partial charge in [-0.15, -0.1) is 0 Å². The monoisotopic (exact) mass is 283 g/mol. The Bertz CT molecular complexity index is 448. The quantitative estimate of drug-likeness (QED) is 0.829. The van der Waals surface area contributed by atoms with Crippen molar-refractivity contribution in [3.8, 4) is 0 Å². The molecule has 0 spiro atoms. The van der Waals surface area contributed by atoms with Crippen LogP contribution >= 0.6 is 11.6 Å². The zero-order valence-electron chi connectivity index (χ0n) is 10.9. The lowest BCUT2D eigenvalue weighted by atomic mass is 10.0. The molecule has 0 saturated carbocycles. The van der Waals surface area contributed by atoms with E-state index in [0.717, 1.165) is 26.1 Å². The van der Waals surface area contributed by atoms with Crippen molar-refractivity contribution in [2.75, 3.05) is 32.1 Å². The predicted molar refractivity (Wildman–Crippen MR) is 74.7 cm³/mol. The van der Waals surface area contributed by atoms with Crippen LogP contribution in [0.3, 0.4) is 0 Å². The van der Waals surface area contributed by atoms with Gasteiger partial charge < -0.3 is 15.4 Å². The lowest BCUT2D eigenvalue weighted by molar-refractivity contribution is 0.0642. The average molecular weight is 284 g/mol. The molecule has 1 saturated heterocycles. The van der Waals surface area contributed by atoms with E-state index in [2.05, 4.69) is 15.6 Å². The average Bonchev–Trinajstić information content (AvgIpc) is 2.45. The van der Waals surface area contributed by atoms with Gasteiger partial charge in [0.15, 0.2) is 0 Å². The van der Waals surface area contributed by atoms with Crippen LogP contribution < -0.4 is 10.6 Å². The van der Waals surface area contributed by atoms with Crippen LogP contribution in [0.1, 0.15) is 23.2 Å². The van der Waals surface area contributed by atoms with E-state index >= 15 is 0 Å². The number of hydrogen-bond acceptors (Lipinski definition) is 4. The number of amides is 1. The summed E-state index contributed by atoms with van der Waals surface area (Å²) in [4.78, 5) is 16.1. The molecule has 1 aliphatic rings. The summed E-state index contributed by atoms with van der Waals surface area (Å²) in [6.07, 6.45) is 2.00. The summed E-state index contributed by atoms with van der Waals surface area (Å²) in [5, 5.41) is 6.12. The molecule has 0 atom stereocenters. The summed E-state index contributed by atoms with van der Waals surface area (Å²) in [5.74, 6) is 0.967. The van der Waals surface area contributed by atoms with E-state index in [1.54, 1.807) is 19.2 Å². The Morgan fingerprint density at radius 3 is 2.89 bits per heavy atom. The number of carbonyl (C=O) groups is 1. The van der Waals surface area contributed by atoms with Crippen LogP contribution in [-0.4, -0.2) is 37.7 Å². The van der Waals surface area contributed by atoms with E-state index < -0.39 is 0 Å². The van der Waals surface area contributed by atoms with Crippen molar-refractivity contribution >= 4 is 23.3 Å². The molecule has 6 heteroatoms. The zero-order chi connectivity index (χ0) is 13.7. The highest BCUT2D eigenvalue weighted by Crippen LogP contribution is 2.16. The Hall–Kier alpha value is -1.33. The summed E-state index contributed by atoms with van der Waals surface area (Å²) < 4.78 is 5.29. The van der Waals surface area contributed by atoms with E-state index in [4.69, 9.17) is 16.3 Å². The Kier molecular flexibility index (Phi) is 4.99. The van der Waals surface area contributed by atoms with E-state index in [1.807, 2.05) is 0 Å². The van der Waals surface area contributed by atoms with Gasteiger partial charge in [0.05, 0.1) is 0 Å². The van der Waals surface area contributed by atoms with Gasteiger partial charge in [-0.05, 0) is 30.9 Å². The maximum Gasteiger partial charge on any atom is 0.251 e. The molecule has 1 aromatic heterocycles. The molecular formula is C13H18ClN3O2. The summed E-state index contributed by atoms with van der Waals surface area (Å²) in [7, 11) is 1.74. The number of rotatable bonds is 4. The van der Waals surface area contributed by atoms with E-state index in [0.29, 0.717) is 29.0 Å². The molecule has 19 heavy (non-hydrogen) atoms. The minimum absolute atomic E-state index is 0.118. The van der Waals surface area contributed by atoms with Crippen molar-refractivity contribution in [1.82, 2.24) is 10.3 Å². The molecular weight excluding hydrogens is 266 g/mol. The molecule has 2 N–H and O–H groups in total. The third-order valence-corrected chi connectivity index (χ3v) is 3.40. The number of nitrogens with one attached hydrogen (secondary N) is 2. The number of pyridine rings is 1. The second-order valence-corrected chi connectivity index (χ2v) is 4.97. The van der Waals surface area contributed by atoms with Crippen molar-refractivity contribution in [2.45, 2.75) is 12.8 Å². The smallest absolute Gasteiger partial charge is 0.251 e. The topological polar surface area (TPSA) is 63.2 Å². The largest absolute Gasteiger partial charge is 0.381 e. The summed E-state index contributed by atoms with van der Waals surface area (Å²) in [6.45, 7) is 2.24. The maximum absolute atomic E-state index is 12.1. The first-order valence-corrected chi connectivity index (χ1v) is 6.78. The van der Waals surface area contributed by atoms with Gasteiger partial charge in [-0.2, -0.15) is 0 Å². The number of aromatic nitrogens is 1. The highest BCUT2D eigenvalue weighted by atomic mass is 35.5. The van der Waals surface area contributed by atoms with Crippen LogP contribution in [-0.2, 0) is 4.74 Å². The molecule has 0 aliphatic carbocycles. The number of anilines is 1. The van der Waals surface area contributed by atoms with Crippen molar-refractivity contribution < 1.29 is 9.53 Å². The van der Waals surface area contributed by atoms with Gasteiger partial charge in [0, 0.05) is 32.4 Å². The van der Waals surface area contributed by atoms with E-state index in [-0.39, 0.29) is 5.91 Å². The molecule has 1 fully saturated rings. The molecule has 2 rings (SSSR count). The maximum atomic E-state index is 12.1. The summed E-state index contributed by atoms with van der Waals surface area (Å²) >= 11 is 5.87. The van der Waals surface area contributed by atoms with Gasteiger partial charge in [-0.1, -0.05) is 11.6 Å². The Labute approximate surface area is 117 Å². The standard InChI is InChI=1S/C13H18ClN3O2/c1-15-12-7-10(6-11(14)17-12)13(18)16-8-9-2-4-19-5-3-9/h6-7,9H,2-5,8H2,1H3,(H,15,17)(H,16,18). The van der Waals surface area contributed by atoms with Crippen LogP contribution in [0.15, 0.2) is 12.1 Å². The van der Waals surface area contributed by atoms with Crippen LogP contribution in [0.25, 0.3) is 0 Å². The zero-order valence-corrected chi connectivity index (χ0v) is 11.7. The summed E-state index contributed by atoms with van der Waals surface area (Å²) in [6, 6.07) is 3.26. The number of ether oxygens (including phenoxy) is 1. The Morgan fingerprint density at radius 1 is 1.47 bits per heavy atom. The lowest BCUT2D eigenvalue weighted by Gasteiger charge is -2.22. The molecule has 5 nitrogen and oxygen atoms in total. The van der Waals surface area contributed by atoms with E-state index in [9.17, 15) is 4.79 Å². The molecule has 0 unspecified atom stereocenters. The second kappa shape index (κ2) is 6.73. The fourth-order valence-corrected chi connectivity index (χ4v) is 2.25. The highest BCUT2D eigenvalue weighted by molar-refractivity contribution is 6.29. The summed E-state index contributed by atoms with van der Waals surface area (Å²) in [5.41, 5.74) is 0.524. The third kappa shape index (κ3) is 4.08. The van der Waals surface area contributed by atoms with Crippen LogP contribution in [0.2, 0.25) is 5.15 Å². The van der Waals surface area contributed by atoms with Gasteiger partial charge in [0.2, 0.25) is 0 Å². The molecule has 1 amide bonds. The number of halogens is 1. The number of carbonyl (C=O) groups excluding carboxylic acids is 1. The molecule has 0 radical (unpaired) electrons. The molecule has 0 bridgehead atoms. The van der Waals surface area contributed by atoms with Gasteiger partial charge in [-0.3, -0.25) is 4.79 Å². The Balaban J connectivity index is 1.93. The first-order valence-electron chi connectivity index (χ1n) is 6.40. The molecule has 1 aromatic rings. The van der Waals surface area contributed by atoms with Gasteiger partial charge in [0.1, 0.15) is 11.0 Å². The van der Waals surface area contributed by atoms with Crippen molar-refractivity contribution in [2.24, 2.45) is 5.92 Å². The SMILES string of the molecule is CNc1cc(C(=O)NCC2CCOCC2)cc(Cl)n1. The van der Waals surface area contributed by atoms with Crippen LogP contribution in [0.5, 0.6) is 0 Å². The molecule has 104 valence electrons. The van der Waals surface area contributed by atoms with Gasteiger partial charge in [-0.25, -0.2) is 4.98 Å². The normalized spacial score (nSPS) is 16.1. The van der Waals surface area contributed by atoms with E-state index in [1.165, 1.54) is 0 Å². The minimum atomic E-state index is -0.118. The first kappa shape index (κ1) is 14.1. The molecule has 0 aromatic carbocycles. The van der Waals surface area contributed by atoms with Crippen molar-refractivity contribution in [3.05, 3.63) is 22.8 Å². The third-order valence-electron chi connectivity index (χ3n) is 3.20. The van der Waals surface area contributed by atoms with Crippen LogP contribution in [0, 0.1) is 5.92 Å². The van der Waals surface area contributed by atoms with Gasteiger partial charge >= 0.3 is 0 Å². The van der Waals surface area contributed by atoms with Gasteiger partial charge in [0.25, 0.3) is 5.91 Å². The second-order valence-electron chi connectivity index (χ2n) is 4.58. The lowest BCUT2D eigenvalue weighted by Crippen LogP contribution is -2.32. The molecule has 1 aliphatic heterocycles. The molecule has 2 heterocycles. The van der Waals surface area contributed by atoms with Crippen molar-refractivity contribution in [3.63, 3.8) is 0 Å². The fourth-order valence-electron chi connectivity index (χ4n) is 2.05. The minimum Gasteiger partial charge on any atom is -0.381 e. The highest BCUT2D eigenvalue weighted by Gasteiger charge is 2.15. The first-order chi connectivity index (χ1) is 9.19. The predicted octanol–water partition coefficient (Wildman–Crippen LogP) is 1.93. The Morgan fingerprint density at radius 2 is 2.21 bits per heavy atom. The number of hydrogen-bond donors (Lipinski definition) is 2. The number of nitrogens with zero attached hydrogens (tertiary/aromatic N) is 1.